The van der Waals surface area contributed by atoms with Crippen molar-refractivity contribution in [2.24, 2.45) is 21.6 Å². The van der Waals surface area contributed by atoms with Crippen LogP contribution in [0.2, 0.25) is 0 Å². The number of nitrogens with zero attached hydrogens (tertiary/aromatic N) is 3. The van der Waals surface area contributed by atoms with Crippen LogP contribution in [0.5, 0.6) is 0 Å². The summed E-state index contributed by atoms with van der Waals surface area (Å²) in [6.07, 6.45) is 6.12. The molecule has 0 aromatic heterocycles. The second-order valence-electron chi connectivity index (χ2n) is 8.45. The summed E-state index contributed by atoms with van der Waals surface area (Å²) in [5, 5.41) is 28.7. The number of rotatable bonds is 5. The van der Waals surface area contributed by atoms with Crippen molar-refractivity contribution in [3.63, 3.8) is 0 Å². The van der Waals surface area contributed by atoms with Crippen LogP contribution in [0.4, 0.5) is 0 Å². The Bertz CT molecular complexity index is 872. The Morgan fingerprint density at radius 2 is 2.13 bits per heavy atom. The molecule has 0 spiro atoms. The highest BCUT2D eigenvalue weighted by molar-refractivity contribution is 6.03. The quantitative estimate of drug-likeness (QED) is 0.326. The molecule has 0 bridgehead atoms. The number of quaternary nitrogens is 1. The van der Waals surface area contributed by atoms with E-state index in [4.69, 9.17) is 10.7 Å². The van der Waals surface area contributed by atoms with E-state index in [-0.39, 0.29) is 6.54 Å². The number of hydrogen-bond acceptors (Lipinski definition) is 6. The Morgan fingerprint density at radius 3 is 2.84 bits per heavy atom. The highest BCUT2D eigenvalue weighted by atomic mass is 16.8. The minimum absolute atomic E-state index is 0.177. The lowest BCUT2D eigenvalue weighted by Crippen LogP contribution is -2.60. The van der Waals surface area contributed by atoms with Crippen molar-refractivity contribution in [2.75, 3.05) is 26.7 Å². The van der Waals surface area contributed by atoms with E-state index in [0.717, 1.165) is 16.7 Å². The fourth-order valence-corrected chi connectivity index (χ4v) is 4.06. The van der Waals surface area contributed by atoms with Gasteiger partial charge in [-0.3, -0.25) is 4.99 Å². The molecule has 0 radical (unpaired) electrons. The zero-order valence-electron chi connectivity index (χ0n) is 18.5. The largest absolute Gasteiger partial charge is 0.598 e. The van der Waals surface area contributed by atoms with Gasteiger partial charge in [0.05, 0.1) is 13.6 Å². The molecule has 1 aromatic rings. The molecular weight excluding hydrogens is 392 g/mol. The van der Waals surface area contributed by atoms with Crippen LogP contribution in [0.25, 0.3) is 0 Å². The van der Waals surface area contributed by atoms with E-state index in [1.807, 2.05) is 25.1 Å². The van der Waals surface area contributed by atoms with Gasteiger partial charge in [0.25, 0.3) is 0 Å². The van der Waals surface area contributed by atoms with Crippen LogP contribution < -0.4 is 16.4 Å². The summed E-state index contributed by atoms with van der Waals surface area (Å²) in [4.78, 5) is 7.70. The standard InChI is InChI=1S/C23H34N6O2/c1-17-19(12-7-13-24)10-6-11-20(17)15-26-23-27-16-21(29(2,30)31)22(28-23)25-14-18-8-4-3-5-9-18/h6,10-11,18,21,30H,3-5,8-9,13-16,24H2,1-2H3,(H2,25,26,27,28). The third-order valence-electron chi connectivity index (χ3n) is 6.02. The van der Waals surface area contributed by atoms with Crippen molar-refractivity contribution < 1.29 is 10.0 Å². The maximum atomic E-state index is 12.2. The van der Waals surface area contributed by atoms with Crippen molar-refractivity contribution in [1.82, 2.24) is 10.6 Å². The smallest absolute Gasteiger partial charge is 0.197 e. The molecule has 2 aliphatic rings. The Hall–Kier alpha value is -2.44. The van der Waals surface area contributed by atoms with Gasteiger partial charge >= 0.3 is 0 Å². The third kappa shape index (κ3) is 6.52. The van der Waals surface area contributed by atoms with Crippen LogP contribution in [0.1, 0.15) is 48.8 Å². The first kappa shape index (κ1) is 23.2. The van der Waals surface area contributed by atoms with Gasteiger partial charge < -0.3 is 21.6 Å². The minimum atomic E-state index is -1.44. The number of nitrogens with two attached hydrogens (primary N) is 1. The lowest BCUT2D eigenvalue weighted by atomic mass is 9.89. The Balaban J connectivity index is 1.69. The first-order chi connectivity index (χ1) is 14.9. The predicted molar refractivity (Wildman–Crippen MR) is 123 cm³/mol. The summed E-state index contributed by atoms with van der Waals surface area (Å²) < 4.78 is 0. The second kappa shape index (κ2) is 10.7. The van der Waals surface area contributed by atoms with Gasteiger partial charge in [-0.2, -0.15) is 0 Å². The van der Waals surface area contributed by atoms with Crippen LogP contribution >= 0.6 is 0 Å². The van der Waals surface area contributed by atoms with Crippen LogP contribution in [0.3, 0.4) is 0 Å². The highest BCUT2D eigenvalue weighted by Gasteiger charge is 2.33. The maximum Gasteiger partial charge on any atom is 0.197 e. The van der Waals surface area contributed by atoms with Crippen molar-refractivity contribution in [3.8, 4) is 11.8 Å². The summed E-state index contributed by atoms with van der Waals surface area (Å²) in [6.45, 7) is 3.77. The van der Waals surface area contributed by atoms with E-state index in [2.05, 4.69) is 27.5 Å². The molecule has 0 amide bonds. The second-order valence-corrected chi connectivity index (χ2v) is 8.45. The van der Waals surface area contributed by atoms with E-state index < -0.39 is 10.9 Å². The molecule has 2 unspecified atom stereocenters. The van der Waals surface area contributed by atoms with Crippen LogP contribution in [0.15, 0.2) is 28.2 Å². The monoisotopic (exact) mass is 426 g/mol. The van der Waals surface area contributed by atoms with Crippen LogP contribution in [-0.2, 0) is 6.54 Å². The topological polar surface area (TPSA) is 118 Å². The minimum Gasteiger partial charge on any atom is -0.598 e. The number of hydroxylamine groups is 4. The summed E-state index contributed by atoms with van der Waals surface area (Å²) in [5.74, 6) is 7.60. The average Bonchev–Trinajstić information content (AvgIpc) is 2.76. The van der Waals surface area contributed by atoms with Crippen molar-refractivity contribution >= 4 is 11.8 Å². The van der Waals surface area contributed by atoms with Gasteiger partial charge in [0, 0.05) is 18.7 Å². The molecule has 5 N–H and O–H groups in total. The molecular formula is C23H34N6O2. The molecule has 31 heavy (non-hydrogen) atoms. The molecule has 2 atom stereocenters. The average molecular weight is 427 g/mol. The van der Waals surface area contributed by atoms with Gasteiger partial charge in [0.1, 0.15) is 6.54 Å². The molecule has 168 valence electrons. The van der Waals surface area contributed by atoms with Gasteiger partial charge in [0.15, 0.2) is 17.8 Å². The summed E-state index contributed by atoms with van der Waals surface area (Å²) >= 11 is 0. The molecule has 1 aliphatic heterocycles. The lowest BCUT2D eigenvalue weighted by Gasteiger charge is -2.39. The first-order valence-corrected chi connectivity index (χ1v) is 11.1. The lowest BCUT2D eigenvalue weighted by molar-refractivity contribution is -1.06. The maximum absolute atomic E-state index is 12.2. The van der Waals surface area contributed by atoms with Gasteiger partial charge in [-0.05, 0) is 42.9 Å². The molecule has 1 heterocycles. The number of amidine groups is 1. The molecule has 1 aromatic carbocycles. The number of benzene rings is 1. The molecule has 1 fully saturated rings. The van der Waals surface area contributed by atoms with Gasteiger partial charge in [-0.15, -0.1) is 0 Å². The van der Waals surface area contributed by atoms with E-state index in [9.17, 15) is 10.4 Å². The van der Waals surface area contributed by atoms with Crippen molar-refractivity contribution in [1.29, 1.82) is 0 Å². The molecule has 8 nitrogen and oxygen atoms in total. The fraction of sp³-hybridized carbons (Fsp3) is 0.565. The third-order valence-corrected chi connectivity index (χ3v) is 6.02. The zero-order chi connectivity index (χ0) is 22.3. The van der Waals surface area contributed by atoms with Crippen LogP contribution in [-0.4, -0.2) is 54.5 Å². The van der Waals surface area contributed by atoms with E-state index in [1.165, 1.54) is 39.2 Å². The van der Waals surface area contributed by atoms with Gasteiger partial charge in [0.2, 0.25) is 0 Å². The summed E-state index contributed by atoms with van der Waals surface area (Å²) in [6, 6.07) is 5.25. The first-order valence-electron chi connectivity index (χ1n) is 11.1. The fourth-order valence-electron chi connectivity index (χ4n) is 4.06. The summed E-state index contributed by atoms with van der Waals surface area (Å²) in [5.41, 5.74) is 8.63. The number of guanidine groups is 1. The van der Waals surface area contributed by atoms with E-state index >= 15 is 0 Å². The highest BCUT2D eigenvalue weighted by Crippen LogP contribution is 2.24. The Kier molecular flexibility index (Phi) is 8.04. The normalized spacial score (nSPS) is 22.7. The van der Waals surface area contributed by atoms with Gasteiger partial charge in [-0.25, -0.2) is 15.0 Å². The SMILES string of the molecule is Cc1c(C#CCN)cccc1CNC1=NCC([N+](C)([O-])O)C(=NCC2CCCCC2)N1. The van der Waals surface area contributed by atoms with E-state index in [1.54, 1.807) is 0 Å². The molecule has 8 heteroatoms. The Morgan fingerprint density at radius 1 is 1.35 bits per heavy atom. The zero-order valence-corrected chi connectivity index (χ0v) is 18.5. The predicted octanol–water partition coefficient (Wildman–Crippen LogP) is 2.04. The van der Waals surface area contributed by atoms with Gasteiger partial charge in [-0.1, -0.05) is 43.2 Å². The molecule has 3 rings (SSSR count). The number of aliphatic imine (C=N–C) groups is 2. The van der Waals surface area contributed by atoms with E-state index in [0.29, 0.717) is 37.3 Å². The van der Waals surface area contributed by atoms with Crippen molar-refractivity contribution in [2.45, 2.75) is 51.6 Å². The molecule has 1 aliphatic carbocycles. The van der Waals surface area contributed by atoms with Crippen LogP contribution in [0, 0.1) is 29.9 Å². The Labute approximate surface area is 184 Å². The molecule has 0 saturated heterocycles. The molecule has 1 saturated carbocycles. The number of hydrogen-bond donors (Lipinski definition) is 4. The number of likely N-dealkylation sites (N-methyl/N-ethyl adjacent to an activating group) is 1. The summed E-state index contributed by atoms with van der Waals surface area (Å²) in [7, 11) is 1.22. The number of nitrogens with one attached hydrogen (secondary N) is 2. The van der Waals surface area contributed by atoms with Crippen molar-refractivity contribution in [3.05, 3.63) is 40.1 Å².